The Bertz CT molecular complexity index is 1170. The SMILES string of the molecule is C[C@@H]1CCN(C(=O)C(NS(=O)(=O)c2ccc(OCC3CCCCC3)cc2)C(F)(F)c2ccc(Cl)cc2)C1. The van der Waals surface area contributed by atoms with Gasteiger partial charge in [-0.25, -0.2) is 8.42 Å². The van der Waals surface area contributed by atoms with E-state index in [1.54, 1.807) is 0 Å². The minimum atomic E-state index is -4.46. The molecule has 0 aromatic heterocycles. The second kappa shape index (κ2) is 11.7. The van der Waals surface area contributed by atoms with Gasteiger partial charge < -0.3 is 9.64 Å². The van der Waals surface area contributed by atoms with Gasteiger partial charge in [0, 0.05) is 23.7 Å². The Balaban J connectivity index is 1.54. The number of hydrogen-bond donors (Lipinski definition) is 1. The van der Waals surface area contributed by atoms with Crippen molar-refractivity contribution >= 4 is 27.5 Å². The molecular formula is C27H33ClF2N2O4S. The predicted molar refractivity (Wildman–Crippen MR) is 138 cm³/mol. The van der Waals surface area contributed by atoms with E-state index in [0.717, 1.165) is 25.0 Å². The summed E-state index contributed by atoms with van der Waals surface area (Å²) in [6, 6.07) is 8.07. The summed E-state index contributed by atoms with van der Waals surface area (Å²) in [5.74, 6) is -3.64. The third kappa shape index (κ3) is 6.81. The number of carbonyl (C=O) groups is 1. The molecule has 1 heterocycles. The van der Waals surface area contributed by atoms with Crippen LogP contribution in [0.5, 0.6) is 5.75 Å². The first-order valence-corrected chi connectivity index (χ1v) is 14.6. The zero-order valence-corrected chi connectivity index (χ0v) is 22.4. The maximum absolute atomic E-state index is 15.7. The highest BCUT2D eigenvalue weighted by Crippen LogP contribution is 2.35. The molecule has 0 bridgehead atoms. The van der Waals surface area contributed by atoms with Crippen molar-refractivity contribution in [1.29, 1.82) is 0 Å². The van der Waals surface area contributed by atoms with Crippen molar-refractivity contribution in [1.82, 2.24) is 9.62 Å². The summed E-state index contributed by atoms with van der Waals surface area (Å²) in [5, 5.41) is 0.252. The Labute approximate surface area is 222 Å². The number of sulfonamides is 1. The van der Waals surface area contributed by atoms with Gasteiger partial charge in [0.15, 0.2) is 6.04 Å². The molecule has 0 radical (unpaired) electrons. The molecule has 2 atom stereocenters. The highest BCUT2D eigenvalue weighted by molar-refractivity contribution is 7.89. The van der Waals surface area contributed by atoms with Crippen molar-refractivity contribution in [3.05, 3.63) is 59.1 Å². The number of halogens is 3. The molecule has 202 valence electrons. The maximum Gasteiger partial charge on any atom is 0.298 e. The standard InChI is InChI=1S/C27H33ClF2N2O4S/c1-19-15-16-32(17-19)26(33)25(27(29,30)21-7-9-22(28)10-8-21)31-37(34,35)24-13-11-23(12-14-24)36-18-20-5-3-2-4-6-20/h7-14,19-20,25,31H,2-6,15-18H2,1H3/t19-,25?/m1/s1. The van der Waals surface area contributed by atoms with E-state index in [1.165, 1.54) is 60.6 Å². The fraction of sp³-hybridized carbons (Fsp3) is 0.519. The van der Waals surface area contributed by atoms with Crippen molar-refractivity contribution in [3.8, 4) is 5.75 Å². The molecule has 1 unspecified atom stereocenters. The van der Waals surface area contributed by atoms with Crippen LogP contribution in [0.2, 0.25) is 5.02 Å². The van der Waals surface area contributed by atoms with Gasteiger partial charge in [-0.1, -0.05) is 49.9 Å². The number of alkyl halides is 2. The third-order valence-electron chi connectivity index (χ3n) is 7.19. The molecule has 2 fully saturated rings. The van der Waals surface area contributed by atoms with E-state index in [2.05, 4.69) is 0 Å². The van der Waals surface area contributed by atoms with E-state index in [0.29, 0.717) is 37.8 Å². The minimum Gasteiger partial charge on any atom is -0.493 e. The zero-order valence-electron chi connectivity index (χ0n) is 20.8. The lowest BCUT2D eigenvalue weighted by Crippen LogP contribution is -2.55. The van der Waals surface area contributed by atoms with E-state index >= 15 is 8.78 Å². The second-order valence-electron chi connectivity index (χ2n) is 10.1. The van der Waals surface area contributed by atoms with E-state index in [4.69, 9.17) is 16.3 Å². The summed E-state index contributed by atoms with van der Waals surface area (Å²) >= 11 is 5.85. The van der Waals surface area contributed by atoms with E-state index in [9.17, 15) is 13.2 Å². The van der Waals surface area contributed by atoms with Crippen LogP contribution in [0.4, 0.5) is 8.78 Å². The molecule has 6 nitrogen and oxygen atoms in total. The van der Waals surface area contributed by atoms with Crippen LogP contribution in [-0.4, -0.2) is 45.0 Å². The van der Waals surface area contributed by atoms with Crippen LogP contribution < -0.4 is 9.46 Å². The first-order chi connectivity index (χ1) is 17.6. The topological polar surface area (TPSA) is 75.7 Å². The van der Waals surface area contributed by atoms with Crippen molar-refractivity contribution in [3.63, 3.8) is 0 Å². The highest BCUT2D eigenvalue weighted by Gasteiger charge is 2.50. The summed E-state index contributed by atoms with van der Waals surface area (Å²) in [6.45, 7) is 3.06. The fourth-order valence-corrected chi connectivity index (χ4v) is 6.26. The highest BCUT2D eigenvalue weighted by atomic mass is 35.5. The molecule has 2 aromatic rings. The average Bonchev–Trinajstić information content (AvgIpc) is 3.33. The normalized spacial score (nSPS) is 20.1. The molecule has 2 aromatic carbocycles. The van der Waals surface area contributed by atoms with Gasteiger partial charge in [-0.15, -0.1) is 0 Å². The van der Waals surface area contributed by atoms with Gasteiger partial charge in [0.2, 0.25) is 15.9 Å². The van der Waals surface area contributed by atoms with Crippen molar-refractivity contribution in [2.45, 2.75) is 62.3 Å². The Kier molecular flexibility index (Phi) is 8.76. The van der Waals surface area contributed by atoms with Crippen LogP contribution in [0.3, 0.4) is 0 Å². The molecule has 37 heavy (non-hydrogen) atoms. The maximum atomic E-state index is 15.7. The Morgan fingerprint density at radius 3 is 2.32 bits per heavy atom. The smallest absolute Gasteiger partial charge is 0.298 e. The molecule has 1 aliphatic heterocycles. The van der Waals surface area contributed by atoms with Gasteiger partial charge in [0.05, 0.1) is 11.5 Å². The first-order valence-electron chi connectivity index (χ1n) is 12.7. The third-order valence-corrected chi connectivity index (χ3v) is 8.88. The summed E-state index contributed by atoms with van der Waals surface area (Å²) in [6.07, 6.45) is 6.52. The van der Waals surface area contributed by atoms with E-state index < -0.39 is 33.5 Å². The van der Waals surface area contributed by atoms with E-state index in [-0.39, 0.29) is 15.8 Å². The van der Waals surface area contributed by atoms with Gasteiger partial charge in [-0.3, -0.25) is 4.79 Å². The minimum absolute atomic E-state index is 0.145. The van der Waals surface area contributed by atoms with E-state index in [1.807, 2.05) is 11.6 Å². The number of rotatable bonds is 9. The van der Waals surface area contributed by atoms with Gasteiger partial charge in [-0.2, -0.15) is 13.5 Å². The van der Waals surface area contributed by atoms with Gasteiger partial charge >= 0.3 is 0 Å². The largest absolute Gasteiger partial charge is 0.493 e. The Morgan fingerprint density at radius 2 is 1.73 bits per heavy atom. The number of benzene rings is 2. The summed E-state index contributed by atoms with van der Waals surface area (Å²) in [5.41, 5.74) is -0.503. The van der Waals surface area contributed by atoms with Crippen LogP contribution in [-0.2, 0) is 20.7 Å². The lowest BCUT2D eigenvalue weighted by molar-refractivity contribution is -0.143. The molecule has 1 saturated heterocycles. The van der Waals surface area contributed by atoms with Gasteiger partial charge in [-0.05, 0) is 67.5 Å². The van der Waals surface area contributed by atoms with Crippen molar-refractivity contribution < 1.29 is 26.7 Å². The molecule has 0 spiro atoms. The first kappa shape index (κ1) is 27.8. The number of nitrogens with one attached hydrogen (secondary N) is 1. The predicted octanol–water partition coefficient (Wildman–Crippen LogP) is 5.61. The van der Waals surface area contributed by atoms with Crippen molar-refractivity contribution in [2.24, 2.45) is 11.8 Å². The number of hydrogen-bond acceptors (Lipinski definition) is 4. The number of ether oxygens (including phenoxy) is 1. The number of carbonyl (C=O) groups excluding carboxylic acids is 1. The molecule has 10 heteroatoms. The lowest BCUT2D eigenvalue weighted by Gasteiger charge is -2.30. The quantitative estimate of drug-likeness (QED) is 0.437. The van der Waals surface area contributed by atoms with Crippen LogP contribution in [0.15, 0.2) is 53.4 Å². The van der Waals surface area contributed by atoms with Crippen LogP contribution in [0.1, 0.15) is 51.0 Å². The summed E-state index contributed by atoms with van der Waals surface area (Å²) in [4.78, 5) is 14.3. The van der Waals surface area contributed by atoms with Crippen LogP contribution in [0, 0.1) is 11.8 Å². The molecule has 1 saturated carbocycles. The second-order valence-corrected chi connectivity index (χ2v) is 12.3. The molecule has 4 rings (SSSR count). The monoisotopic (exact) mass is 554 g/mol. The fourth-order valence-electron chi connectivity index (χ4n) is 4.94. The number of amides is 1. The molecular weight excluding hydrogens is 522 g/mol. The Morgan fingerprint density at radius 1 is 1.08 bits per heavy atom. The zero-order chi connectivity index (χ0) is 26.6. The average molecular weight is 555 g/mol. The molecule has 1 N–H and O–H groups in total. The molecule has 1 amide bonds. The summed E-state index contributed by atoms with van der Waals surface area (Å²) in [7, 11) is -4.46. The van der Waals surface area contributed by atoms with Crippen LogP contribution in [0.25, 0.3) is 0 Å². The van der Waals surface area contributed by atoms with Crippen molar-refractivity contribution in [2.75, 3.05) is 19.7 Å². The van der Waals surface area contributed by atoms with Gasteiger partial charge in [0.1, 0.15) is 5.75 Å². The number of likely N-dealkylation sites (tertiary alicyclic amines) is 1. The Hall–Kier alpha value is -2.23. The van der Waals surface area contributed by atoms with Gasteiger partial charge in [0.25, 0.3) is 5.92 Å². The molecule has 2 aliphatic rings. The molecule has 1 aliphatic carbocycles. The summed E-state index contributed by atoms with van der Waals surface area (Å²) < 4.78 is 65.6. The lowest BCUT2D eigenvalue weighted by atomic mass is 9.90. The van der Waals surface area contributed by atoms with Crippen LogP contribution >= 0.6 is 11.6 Å². The number of nitrogens with zero attached hydrogens (tertiary/aromatic N) is 1.